The molecule has 1 aromatic heterocycles. The lowest BCUT2D eigenvalue weighted by Gasteiger charge is -2.17. The molecule has 108 valence electrons. The van der Waals surface area contributed by atoms with Crippen molar-refractivity contribution in [1.29, 1.82) is 0 Å². The zero-order valence-electron chi connectivity index (χ0n) is 11.3. The molecule has 0 aliphatic heterocycles. The molecule has 6 heteroatoms. The molecular formula is C13H19F3N2O. The SMILES string of the molecule is CCCNCc1ccc(OC(C)C(F)(F)F)nc1C. The van der Waals surface area contributed by atoms with Gasteiger partial charge in [-0.3, -0.25) is 0 Å². The van der Waals surface area contributed by atoms with Crippen LogP contribution in [0.1, 0.15) is 31.5 Å². The van der Waals surface area contributed by atoms with Crippen molar-refractivity contribution >= 4 is 0 Å². The average molecular weight is 276 g/mol. The van der Waals surface area contributed by atoms with Crippen molar-refractivity contribution in [3.63, 3.8) is 0 Å². The number of ether oxygens (including phenoxy) is 1. The Kier molecular flexibility index (Phi) is 5.60. The van der Waals surface area contributed by atoms with E-state index < -0.39 is 12.3 Å². The minimum absolute atomic E-state index is 0.00145. The van der Waals surface area contributed by atoms with Gasteiger partial charge >= 0.3 is 6.18 Å². The van der Waals surface area contributed by atoms with E-state index in [1.54, 1.807) is 13.0 Å². The molecule has 0 fully saturated rings. The molecule has 0 saturated heterocycles. The zero-order chi connectivity index (χ0) is 14.5. The van der Waals surface area contributed by atoms with Gasteiger partial charge in [0.1, 0.15) is 0 Å². The van der Waals surface area contributed by atoms with Crippen LogP contribution < -0.4 is 10.1 Å². The molecule has 0 amide bonds. The summed E-state index contributed by atoms with van der Waals surface area (Å²) in [7, 11) is 0. The molecular weight excluding hydrogens is 257 g/mol. The number of aryl methyl sites for hydroxylation is 1. The molecule has 1 atom stereocenters. The number of aromatic nitrogens is 1. The Morgan fingerprint density at radius 3 is 2.58 bits per heavy atom. The van der Waals surface area contributed by atoms with Crippen LogP contribution in [0.3, 0.4) is 0 Å². The molecule has 1 N–H and O–H groups in total. The van der Waals surface area contributed by atoms with Crippen LogP contribution in [-0.4, -0.2) is 23.8 Å². The quantitative estimate of drug-likeness (QED) is 0.810. The van der Waals surface area contributed by atoms with Gasteiger partial charge in [-0.15, -0.1) is 0 Å². The van der Waals surface area contributed by atoms with E-state index in [-0.39, 0.29) is 5.88 Å². The number of rotatable bonds is 6. The van der Waals surface area contributed by atoms with Gasteiger partial charge in [-0.05, 0) is 32.4 Å². The molecule has 1 aromatic rings. The smallest absolute Gasteiger partial charge is 0.425 e. The summed E-state index contributed by atoms with van der Waals surface area (Å²) in [5, 5.41) is 3.22. The molecule has 1 heterocycles. The van der Waals surface area contributed by atoms with E-state index >= 15 is 0 Å². The van der Waals surface area contributed by atoms with Gasteiger partial charge < -0.3 is 10.1 Å². The monoisotopic (exact) mass is 276 g/mol. The first kappa shape index (κ1) is 15.8. The van der Waals surface area contributed by atoms with Crippen LogP contribution in [0.4, 0.5) is 13.2 Å². The first-order valence-electron chi connectivity index (χ1n) is 6.25. The molecule has 0 radical (unpaired) electrons. The van der Waals surface area contributed by atoms with Crippen molar-refractivity contribution in [3.05, 3.63) is 23.4 Å². The predicted molar refractivity (Wildman–Crippen MR) is 67.1 cm³/mol. The number of halogens is 3. The largest absolute Gasteiger partial charge is 0.465 e. The van der Waals surface area contributed by atoms with Crippen LogP contribution in [0.5, 0.6) is 5.88 Å². The lowest BCUT2D eigenvalue weighted by atomic mass is 10.2. The van der Waals surface area contributed by atoms with Gasteiger partial charge in [-0.1, -0.05) is 13.0 Å². The molecule has 3 nitrogen and oxygen atoms in total. The van der Waals surface area contributed by atoms with Gasteiger partial charge in [0.2, 0.25) is 5.88 Å². The molecule has 0 aliphatic rings. The lowest BCUT2D eigenvalue weighted by molar-refractivity contribution is -0.190. The molecule has 0 spiro atoms. The van der Waals surface area contributed by atoms with E-state index in [0.29, 0.717) is 12.2 Å². The van der Waals surface area contributed by atoms with Gasteiger partial charge in [-0.2, -0.15) is 13.2 Å². The summed E-state index contributed by atoms with van der Waals surface area (Å²) >= 11 is 0. The molecule has 1 unspecified atom stereocenters. The second kappa shape index (κ2) is 6.75. The molecule has 0 saturated carbocycles. The topological polar surface area (TPSA) is 34.1 Å². The molecule has 0 aliphatic carbocycles. The first-order chi connectivity index (χ1) is 8.84. The highest BCUT2D eigenvalue weighted by Gasteiger charge is 2.38. The Hall–Kier alpha value is -1.30. The highest BCUT2D eigenvalue weighted by Crippen LogP contribution is 2.24. The molecule has 0 aromatic carbocycles. The van der Waals surface area contributed by atoms with Crippen LogP contribution in [0.15, 0.2) is 12.1 Å². The van der Waals surface area contributed by atoms with Gasteiger partial charge in [0.05, 0.1) is 0 Å². The normalized spacial score (nSPS) is 13.4. The van der Waals surface area contributed by atoms with Crippen LogP contribution in [0, 0.1) is 6.92 Å². The van der Waals surface area contributed by atoms with Crippen molar-refractivity contribution in [2.75, 3.05) is 6.54 Å². The Balaban J connectivity index is 2.66. The minimum Gasteiger partial charge on any atom is -0.465 e. The number of alkyl halides is 3. The third-order valence-electron chi connectivity index (χ3n) is 2.67. The Labute approximate surface area is 111 Å². The maximum absolute atomic E-state index is 12.4. The number of hydrogen-bond donors (Lipinski definition) is 1. The van der Waals surface area contributed by atoms with Gasteiger partial charge in [-0.25, -0.2) is 4.98 Å². The zero-order valence-corrected chi connectivity index (χ0v) is 11.3. The second-order valence-corrected chi connectivity index (χ2v) is 4.37. The number of nitrogens with one attached hydrogen (secondary N) is 1. The Morgan fingerprint density at radius 2 is 2.05 bits per heavy atom. The van der Waals surface area contributed by atoms with Crippen LogP contribution >= 0.6 is 0 Å². The maximum Gasteiger partial charge on any atom is 0.425 e. The molecule has 19 heavy (non-hydrogen) atoms. The average Bonchev–Trinajstić information content (AvgIpc) is 2.31. The number of hydrogen-bond acceptors (Lipinski definition) is 3. The van der Waals surface area contributed by atoms with E-state index in [4.69, 9.17) is 4.74 Å². The summed E-state index contributed by atoms with van der Waals surface area (Å²) < 4.78 is 41.9. The summed E-state index contributed by atoms with van der Waals surface area (Å²) in [6.07, 6.45) is -5.21. The van der Waals surface area contributed by atoms with Crippen LogP contribution in [0.25, 0.3) is 0 Å². The Bertz CT molecular complexity index is 407. The summed E-state index contributed by atoms with van der Waals surface area (Å²) in [4.78, 5) is 4.04. The fraction of sp³-hybridized carbons (Fsp3) is 0.615. The van der Waals surface area contributed by atoms with Crippen molar-refractivity contribution in [2.24, 2.45) is 0 Å². The van der Waals surface area contributed by atoms with E-state index in [9.17, 15) is 13.2 Å². The fourth-order valence-corrected chi connectivity index (χ4v) is 1.47. The second-order valence-electron chi connectivity index (χ2n) is 4.37. The van der Waals surface area contributed by atoms with Gasteiger partial charge in [0.15, 0.2) is 6.10 Å². The highest BCUT2D eigenvalue weighted by atomic mass is 19.4. The van der Waals surface area contributed by atoms with E-state index in [1.165, 1.54) is 6.07 Å². The Morgan fingerprint density at radius 1 is 1.37 bits per heavy atom. The van der Waals surface area contributed by atoms with Crippen LogP contribution in [-0.2, 0) is 6.54 Å². The third-order valence-corrected chi connectivity index (χ3v) is 2.67. The number of nitrogens with zero attached hydrogens (tertiary/aromatic N) is 1. The highest BCUT2D eigenvalue weighted by molar-refractivity contribution is 5.25. The van der Waals surface area contributed by atoms with Crippen molar-refractivity contribution < 1.29 is 17.9 Å². The van der Waals surface area contributed by atoms with E-state index in [2.05, 4.69) is 17.2 Å². The van der Waals surface area contributed by atoms with Crippen molar-refractivity contribution in [1.82, 2.24) is 10.3 Å². The van der Waals surface area contributed by atoms with E-state index in [1.807, 2.05) is 0 Å². The standard InChI is InChI=1S/C13H19F3N2O/c1-4-7-17-8-11-5-6-12(18-9(11)2)19-10(3)13(14,15)16/h5-6,10,17H,4,7-8H2,1-3H3. The predicted octanol–water partition coefficient (Wildman–Crippen LogP) is 3.22. The minimum atomic E-state index is -4.38. The lowest BCUT2D eigenvalue weighted by Crippen LogP contribution is -2.31. The summed E-state index contributed by atoms with van der Waals surface area (Å²) in [6.45, 7) is 6.33. The van der Waals surface area contributed by atoms with Crippen LogP contribution in [0.2, 0.25) is 0 Å². The van der Waals surface area contributed by atoms with E-state index in [0.717, 1.165) is 25.5 Å². The van der Waals surface area contributed by atoms with Crippen molar-refractivity contribution in [2.45, 2.75) is 46.0 Å². The first-order valence-corrected chi connectivity index (χ1v) is 6.25. The third kappa shape index (κ3) is 5.06. The summed E-state index contributed by atoms with van der Waals surface area (Å²) in [6, 6.07) is 3.21. The van der Waals surface area contributed by atoms with Gasteiger partial charge in [0.25, 0.3) is 0 Å². The summed E-state index contributed by atoms with van der Waals surface area (Å²) in [5.74, 6) is 0.00145. The number of pyridine rings is 1. The molecule has 1 rings (SSSR count). The molecule has 0 bridgehead atoms. The summed E-state index contributed by atoms with van der Waals surface area (Å²) in [5.41, 5.74) is 1.64. The fourth-order valence-electron chi connectivity index (χ4n) is 1.47. The maximum atomic E-state index is 12.4. The van der Waals surface area contributed by atoms with Crippen molar-refractivity contribution in [3.8, 4) is 5.88 Å². The van der Waals surface area contributed by atoms with Gasteiger partial charge in [0, 0.05) is 18.3 Å².